The second-order valence-electron chi connectivity index (χ2n) is 4.92. The minimum Gasteiger partial charge on any atom is -0.384 e. The summed E-state index contributed by atoms with van der Waals surface area (Å²) in [6.45, 7) is 10.6. The molecule has 0 saturated heterocycles. The highest BCUT2D eigenvalue weighted by molar-refractivity contribution is 5.50. The summed E-state index contributed by atoms with van der Waals surface area (Å²) in [6, 6.07) is 8.37. The largest absolute Gasteiger partial charge is 0.384 e. The SMILES string of the molecule is Cc1ccccc1NCCNC(C)(C)C. The molecule has 0 fully saturated rings. The van der Waals surface area contributed by atoms with Crippen molar-refractivity contribution in [1.29, 1.82) is 0 Å². The number of benzene rings is 1. The van der Waals surface area contributed by atoms with Crippen molar-refractivity contribution < 1.29 is 0 Å². The predicted octanol–water partition coefficient (Wildman–Crippen LogP) is 2.80. The molecule has 0 atom stereocenters. The topological polar surface area (TPSA) is 24.1 Å². The number of rotatable bonds is 4. The van der Waals surface area contributed by atoms with Crippen LogP contribution in [0.3, 0.4) is 0 Å². The molecule has 2 nitrogen and oxygen atoms in total. The summed E-state index contributed by atoms with van der Waals surface area (Å²) in [4.78, 5) is 0. The third-order valence-electron chi connectivity index (χ3n) is 2.24. The second kappa shape index (κ2) is 5.17. The van der Waals surface area contributed by atoms with Crippen LogP contribution in [0.1, 0.15) is 26.3 Å². The van der Waals surface area contributed by atoms with E-state index in [1.54, 1.807) is 0 Å². The van der Waals surface area contributed by atoms with Crippen molar-refractivity contribution in [3.8, 4) is 0 Å². The quantitative estimate of drug-likeness (QED) is 0.740. The molecule has 2 N–H and O–H groups in total. The number of nitrogens with one attached hydrogen (secondary N) is 2. The number of hydrogen-bond acceptors (Lipinski definition) is 2. The summed E-state index contributed by atoms with van der Waals surface area (Å²) in [5.41, 5.74) is 2.73. The van der Waals surface area contributed by atoms with Gasteiger partial charge in [0.2, 0.25) is 0 Å². The van der Waals surface area contributed by atoms with Crippen molar-refractivity contribution >= 4 is 5.69 Å². The van der Waals surface area contributed by atoms with Gasteiger partial charge in [-0.1, -0.05) is 18.2 Å². The molecule has 0 aromatic heterocycles. The average molecular weight is 206 g/mol. The molecule has 0 spiro atoms. The molecule has 84 valence electrons. The lowest BCUT2D eigenvalue weighted by atomic mass is 10.1. The van der Waals surface area contributed by atoms with Gasteiger partial charge in [-0.25, -0.2) is 0 Å². The zero-order valence-corrected chi connectivity index (χ0v) is 10.2. The molecule has 0 radical (unpaired) electrons. The highest BCUT2D eigenvalue weighted by atomic mass is 15.0. The van der Waals surface area contributed by atoms with E-state index in [-0.39, 0.29) is 5.54 Å². The number of hydrogen-bond donors (Lipinski definition) is 2. The van der Waals surface area contributed by atoms with Crippen molar-refractivity contribution in [3.63, 3.8) is 0 Å². The summed E-state index contributed by atoms with van der Waals surface area (Å²) in [5, 5.41) is 6.87. The first-order chi connectivity index (χ1) is 6.99. The average Bonchev–Trinajstić information content (AvgIpc) is 2.13. The second-order valence-corrected chi connectivity index (χ2v) is 4.92. The Bertz CT molecular complexity index is 300. The Morgan fingerprint density at radius 3 is 2.33 bits per heavy atom. The fourth-order valence-corrected chi connectivity index (χ4v) is 1.41. The maximum atomic E-state index is 3.45. The van der Waals surface area contributed by atoms with Gasteiger partial charge in [0.15, 0.2) is 0 Å². The van der Waals surface area contributed by atoms with E-state index in [1.807, 2.05) is 0 Å². The van der Waals surface area contributed by atoms with E-state index in [9.17, 15) is 0 Å². The molecule has 0 heterocycles. The molecule has 1 aromatic rings. The minimum absolute atomic E-state index is 0.202. The maximum Gasteiger partial charge on any atom is 0.0370 e. The number of para-hydroxylation sites is 1. The smallest absolute Gasteiger partial charge is 0.0370 e. The van der Waals surface area contributed by atoms with Gasteiger partial charge in [-0.3, -0.25) is 0 Å². The van der Waals surface area contributed by atoms with Crippen LogP contribution in [-0.4, -0.2) is 18.6 Å². The zero-order chi connectivity index (χ0) is 11.3. The van der Waals surface area contributed by atoms with Crippen molar-refractivity contribution in [2.24, 2.45) is 0 Å². The number of aryl methyl sites for hydroxylation is 1. The van der Waals surface area contributed by atoms with Crippen molar-refractivity contribution in [1.82, 2.24) is 5.32 Å². The van der Waals surface area contributed by atoms with Gasteiger partial charge in [0.05, 0.1) is 0 Å². The van der Waals surface area contributed by atoms with Gasteiger partial charge < -0.3 is 10.6 Å². The van der Waals surface area contributed by atoms with Gasteiger partial charge in [-0.15, -0.1) is 0 Å². The first kappa shape index (κ1) is 12.1. The fraction of sp³-hybridized carbons (Fsp3) is 0.538. The lowest BCUT2D eigenvalue weighted by molar-refractivity contribution is 0.435. The standard InChI is InChI=1S/C13H22N2/c1-11-7-5-6-8-12(11)14-9-10-15-13(2,3)4/h5-8,14-15H,9-10H2,1-4H3. The molecule has 0 unspecified atom stereocenters. The zero-order valence-electron chi connectivity index (χ0n) is 10.2. The third kappa shape index (κ3) is 4.84. The molecule has 0 aliphatic carbocycles. The van der Waals surface area contributed by atoms with Crippen LogP contribution in [0.25, 0.3) is 0 Å². The summed E-state index contributed by atoms with van der Waals surface area (Å²) in [6.07, 6.45) is 0. The Kier molecular flexibility index (Phi) is 4.15. The van der Waals surface area contributed by atoms with E-state index in [2.05, 4.69) is 62.6 Å². The molecule has 0 aliphatic rings. The first-order valence-corrected chi connectivity index (χ1v) is 5.53. The van der Waals surface area contributed by atoms with E-state index < -0.39 is 0 Å². The fourth-order valence-electron chi connectivity index (χ4n) is 1.41. The lowest BCUT2D eigenvalue weighted by Gasteiger charge is -2.21. The molecule has 2 heteroatoms. The molecule has 0 bridgehead atoms. The van der Waals surface area contributed by atoms with Crippen molar-refractivity contribution in [2.45, 2.75) is 33.2 Å². The Balaban J connectivity index is 2.30. The van der Waals surface area contributed by atoms with E-state index >= 15 is 0 Å². The molecule has 0 amide bonds. The van der Waals surface area contributed by atoms with Gasteiger partial charge in [0.25, 0.3) is 0 Å². The molecule has 0 saturated carbocycles. The summed E-state index contributed by atoms with van der Waals surface area (Å²) < 4.78 is 0. The first-order valence-electron chi connectivity index (χ1n) is 5.53. The highest BCUT2D eigenvalue weighted by Crippen LogP contribution is 2.12. The van der Waals surface area contributed by atoms with Crippen LogP contribution in [0.15, 0.2) is 24.3 Å². The predicted molar refractivity (Wildman–Crippen MR) is 67.4 cm³/mol. The Labute approximate surface area is 93.1 Å². The van der Waals surface area contributed by atoms with Crippen LogP contribution in [0, 0.1) is 6.92 Å². The molecule has 1 rings (SSSR count). The maximum absolute atomic E-state index is 3.45. The van der Waals surface area contributed by atoms with Crippen LogP contribution in [0.4, 0.5) is 5.69 Å². The van der Waals surface area contributed by atoms with Crippen molar-refractivity contribution in [2.75, 3.05) is 18.4 Å². The Hall–Kier alpha value is -1.02. The molecule has 0 aliphatic heterocycles. The van der Waals surface area contributed by atoms with E-state index in [4.69, 9.17) is 0 Å². The summed E-state index contributed by atoms with van der Waals surface area (Å²) in [5.74, 6) is 0. The molecular weight excluding hydrogens is 184 g/mol. The van der Waals surface area contributed by atoms with Crippen molar-refractivity contribution in [3.05, 3.63) is 29.8 Å². The molecule has 1 aromatic carbocycles. The molecule has 15 heavy (non-hydrogen) atoms. The van der Waals surface area contributed by atoms with Crippen LogP contribution in [0.5, 0.6) is 0 Å². The summed E-state index contributed by atoms with van der Waals surface area (Å²) >= 11 is 0. The van der Waals surface area contributed by atoms with Gasteiger partial charge in [0, 0.05) is 24.3 Å². The third-order valence-corrected chi connectivity index (χ3v) is 2.24. The van der Waals surface area contributed by atoms with Gasteiger partial charge in [0.1, 0.15) is 0 Å². The van der Waals surface area contributed by atoms with Crippen LogP contribution >= 0.6 is 0 Å². The van der Waals surface area contributed by atoms with Gasteiger partial charge >= 0.3 is 0 Å². The van der Waals surface area contributed by atoms with E-state index in [0.717, 1.165) is 13.1 Å². The van der Waals surface area contributed by atoms with Crippen LogP contribution < -0.4 is 10.6 Å². The van der Waals surface area contributed by atoms with Crippen LogP contribution in [-0.2, 0) is 0 Å². The lowest BCUT2D eigenvalue weighted by Crippen LogP contribution is -2.38. The summed E-state index contributed by atoms with van der Waals surface area (Å²) in [7, 11) is 0. The molecular formula is C13H22N2. The van der Waals surface area contributed by atoms with E-state index in [0.29, 0.717) is 0 Å². The Morgan fingerprint density at radius 1 is 1.07 bits per heavy atom. The highest BCUT2D eigenvalue weighted by Gasteiger charge is 2.06. The Morgan fingerprint density at radius 2 is 1.73 bits per heavy atom. The van der Waals surface area contributed by atoms with Crippen LogP contribution in [0.2, 0.25) is 0 Å². The monoisotopic (exact) mass is 206 g/mol. The minimum atomic E-state index is 0.202. The normalized spacial score (nSPS) is 11.5. The van der Waals surface area contributed by atoms with Gasteiger partial charge in [-0.05, 0) is 39.3 Å². The number of anilines is 1. The van der Waals surface area contributed by atoms with Gasteiger partial charge in [-0.2, -0.15) is 0 Å². The van der Waals surface area contributed by atoms with E-state index in [1.165, 1.54) is 11.3 Å².